The minimum Gasteiger partial charge on any atom is -0.465 e. The molecule has 3 heterocycles. The van der Waals surface area contributed by atoms with E-state index in [9.17, 15) is 4.79 Å². The maximum Gasteiger partial charge on any atom is 0.201 e. The normalized spacial score (nSPS) is 19.8. The molecule has 0 N–H and O–H groups in total. The van der Waals surface area contributed by atoms with Gasteiger partial charge in [0, 0.05) is 22.0 Å². The minimum absolute atomic E-state index is 0.124. The summed E-state index contributed by atoms with van der Waals surface area (Å²) in [7, 11) is 0. The second-order valence-electron chi connectivity index (χ2n) is 9.66. The molecular formula is C31H29IO6. The van der Waals surface area contributed by atoms with E-state index in [4.69, 9.17) is 23.4 Å². The molecule has 2 aliphatic heterocycles. The summed E-state index contributed by atoms with van der Waals surface area (Å²) in [5.41, 5.74) is 2.43. The Morgan fingerprint density at radius 1 is 0.737 bits per heavy atom. The summed E-state index contributed by atoms with van der Waals surface area (Å²) < 4.78 is 31.2. The first kappa shape index (κ1) is 25.4. The molecule has 3 aromatic carbocycles. The van der Waals surface area contributed by atoms with Crippen LogP contribution in [0.1, 0.15) is 38.5 Å². The van der Waals surface area contributed by atoms with Gasteiger partial charge in [0.1, 0.15) is 22.8 Å². The Morgan fingerprint density at radius 3 is 2.08 bits per heavy atom. The highest BCUT2D eigenvalue weighted by Crippen LogP contribution is 2.35. The van der Waals surface area contributed by atoms with E-state index in [-0.39, 0.29) is 18.0 Å². The Labute approximate surface area is 235 Å². The fourth-order valence-electron chi connectivity index (χ4n) is 4.95. The van der Waals surface area contributed by atoms with Gasteiger partial charge in [0.2, 0.25) is 5.43 Å². The maximum atomic E-state index is 14.1. The van der Waals surface area contributed by atoms with Crippen molar-refractivity contribution in [3.05, 3.63) is 80.5 Å². The molecule has 38 heavy (non-hydrogen) atoms. The van der Waals surface area contributed by atoms with E-state index in [0.717, 1.165) is 53.2 Å². The van der Waals surface area contributed by atoms with Crippen molar-refractivity contribution in [2.45, 2.75) is 51.1 Å². The summed E-state index contributed by atoms with van der Waals surface area (Å²) in [5, 5.41) is 0.463. The fourth-order valence-corrected chi connectivity index (χ4v) is 5.31. The summed E-state index contributed by atoms with van der Waals surface area (Å²) >= 11 is 2.27. The summed E-state index contributed by atoms with van der Waals surface area (Å²) in [5.74, 6) is 1.78. The van der Waals surface area contributed by atoms with Gasteiger partial charge in [0.25, 0.3) is 0 Å². The summed E-state index contributed by atoms with van der Waals surface area (Å²) in [6.45, 7) is 1.39. The first-order valence-corrected chi connectivity index (χ1v) is 14.3. The van der Waals surface area contributed by atoms with Gasteiger partial charge < -0.3 is 23.4 Å². The lowest BCUT2D eigenvalue weighted by Gasteiger charge is -2.24. The van der Waals surface area contributed by atoms with Crippen LogP contribution in [-0.4, -0.2) is 25.8 Å². The van der Waals surface area contributed by atoms with Gasteiger partial charge in [-0.3, -0.25) is 4.79 Å². The monoisotopic (exact) mass is 624 g/mol. The zero-order chi connectivity index (χ0) is 25.9. The molecule has 2 atom stereocenters. The lowest BCUT2D eigenvalue weighted by molar-refractivity contribution is -0.106. The van der Waals surface area contributed by atoms with Crippen LogP contribution >= 0.6 is 22.6 Å². The molecule has 2 aliphatic rings. The van der Waals surface area contributed by atoms with Crippen LogP contribution in [-0.2, 0) is 9.47 Å². The Morgan fingerprint density at radius 2 is 1.42 bits per heavy atom. The van der Waals surface area contributed by atoms with Gasteiger partial charge in [0.05, 0.1) is 24.2 Å². The van der Waals surface area contributed by atoms with Gasteiger partial charge in [-0.15, -0.1) is 0 Å². The van der Waals surface area contributed by atoms with Crippen molar-refractivity contribution in [1.82, 2.24) is 0 Å². The van der Waals surface area contributed by atoms with Crippen LogP contribution in [0.2, 0.25) is 0 Å². The molecule has 2 unspecified atom stereocenters. The Balaban J connectivity index is 1.44. The highest BCUT2D eigenvalue weighted by atomic mass is 127. The SMILES string of the molecule is O=c1c(-c2cccc(OC3CCCCO3)c2)c(-c2ccc(I)cc2)oc2ccc(OC3CCCCO3)cc12. The first-order chi connectivity index (χ1) is 18.6. The van der Waals surface area contributed by atoms with E-state index < -0.39 is 0 Å². The number of hydrogen-bond donors (Lipinski definition) is 0. The molecule has 6 rings (SSSR count). The van der Waals surface area contributed by atoms with Gasteiger partial charge in [-0.05, 0) is 96.3 Å². The number of fused-ring (bicyclic) bond motifs is 1. The lowest BCUT2D eigenvalue weighted by Crippen LogP contribution is -2.25. The van der Waals surface area contributed by atoms with Crippen LogP contribution < -0.4 is 14.9 Å². The summed E-state index contributed by atoms with van der Waals surface area (Å²) in [6.07, 6.45) is 5.35. The molecule has 1 aromatic heterocycles. The first-order valence-electron chi connectivity index (χ1n) is 13.2. The van der Waals surface area contributed by atoms with Crippen molar-refractivity contribution in [2.75, 3.05) is 13.2 Å². The fraction of sp³-hybridized carbons (Fsp3) is 0.323. The molecular weight excluding hydrogens is 595 g/mol. The zero-order valence-electron chi connectivity index (χ0n) is 21.0. The summed E-state index contributed by atoms with van der Waals surface area (Å²) in [6, 6.07) is 21.0. The molecule has 7 heteroatoms. The second kappa shape index (κ2) is 11.5. The van der Waals surface area contributed by atoms with Crippen LogP contribution in [0.25, 0.3) is 33.4 Å². The standard InChI is InChI=1S/C31H29IO6/c32-22-12-10-20(11-13-22)31-29(21-6-5-7-23(18-21)36-27-8-1-3-16-34-27)30(33)25-19-24(14-15-26(25)38-31)37-28-9-2-4-17-35-28/h5-7,10-15,18-19,27-28H,1-4,8-9,16-17H2. The molecule has 0 aliphatic carbocycles. The largest absolute Gasteiger partial charge is 0.465 e. The van der Waals surface area contributed by atoms with Gasteiger partial charge >= 0.3 is 0 Å². The molecule has 2 saturated heterocycles. The molecule has 0 radical (unpaired) electrons. The predicted molar refractivity (Wildman–Crippen MR) is 155 cm³/mol. The zero-order valence-corrected chi connectivity index (χ0v) is 23.1. The molecule has 196 valence electrons. The van der Waals surface area contributed by atoms with Gasteiger partial charge in [-0.25, -0.2) is 0 Å². The van der Waals surface area contributed by atoms with E-state index in [2.05, 4.69) is 22.6 Å². The quantitative estimate of drug-likeness (QED) is 0.207. The van der Waals surface area contributed by atoms with Crippen molar-refractivity contribution in [1.29, 1.82) is 0 Å². The highest BCUT2D eigenvalue weighted by Gasteiger charge is 2.21. The van der Waals surface area contributed by atoms with Gasteiger partial charge in [-0.1, -0.05) is 24.3 Å². The van der Waals surface area contributed by atoms with Crippen LogP contribution in [0.5, 0.6) is 11.5 Å². The third-order valence-electron chi connectivity index (χ3n) is 6.90. The van der Waals surface area contributed by atoms with Crippen LogP contribution in [0, 0.1) is 3.57 Å². The lowest BCUT2D eigenvalue weighted by atomic mass is 9.98. The van der Waals surface area contributed by atoms with Crippen molar-refractivity contribution in [3.8, 4) is 33.9 Å². The van der Waals surface area contributed by atoms with Crippen molar-refractivity contribution >= 4 is 33.6 Å². The van der Waals surface area contributed by atoms with E-state index >= 15 is 0 Å². The average molecular weight is 624 g/mol. The van der Waals surface area contributed by atoms with Gasteiger partial charge in [-0.2, -0.15) is 0 Å². The van der Waals surface area contributed by atoms with Crippen molar-refractivity contribution in [2.24, 2.45) is 0 Å². The minimum atomic E-state index is -0.297. The van der Waals surface area contributed by atoms with Crippen LogP contribution in [0.3, 0.4) is 0 Å². The third-order valence-corrected chi connectivity index (χ3v) is 7.62. The van der Waals surface area contributed by atoms with Crippen molar-refractivity contribution in [3.63, 3.8) is 0 Å². The average Bonchev–Trinajstić information content (AvgIpc) is 2.95. The molecule has 0 saturated carbocycles. The Kier molecular flexibility index (Phi) is 7.67. The number of halogens is 1. The van der Waals surface area contributed by atoms with E-state index in [1.165, 1.54) is 0 Å². The predicted octanol–water partition coefficient (Wildman–Crippen LogP) is 7.54. The van der Waals surface area contributed by atoms with E-state index in [0.29, 0.717) is 47.0 Å². The molecule has 0 amide bonds. The van der Waals surface area contributed by atoms with Crippen LogP contribution in [0.15, 0.2) is 75.9 Å². The smallest absolute Gasteiger partial charge is 0.201 e. The van der Waals surface area contributed by atoms with E-state index in [1.807, 2.05) is 54.6 Å². The summed E-state index contributed by atoms with van der Waals surface area (Å²) in [4.78, 5) is 14.1. The molecule has 2 fully saturated rings. The second-order valence-corrected chi connectivity index (χ2v) is 10.9. The number of hydrogen-bond acceptors (Lipinski definition) is 6. The molecule has 4 aromatic rings. The number of rotatable bonds is 6. The molecule has 6 nitrogen and oxygen atoms in total. The van der Waals surface area contributed by atoms with E-state index in [1.54, 1.807) is 12.1 Å². The number of ether oxygens (including phenoxy) is 4. The Hall–Kier alpha value is -2.88. The van der Waals surface area contributed by atoms with Crippen LogP contribution in [0.4, 0.5) is 0 Å². The topological polar surface area (TPSA) is 67.1 Å². The molecule has 0 spiro atoms. The van der Waals surface area contributed by atoms with Gasteiger partial charge in [0.15, 0.2) is 12.6 Å². The maximum absolute atomic E-state index is 14.1. The molecule has 0 bridgehead atoms. The highest BCUT2D eigenvalue weighted by molar-refractivity contribution is 14.1. The number of benzene rings is 3. The third kappa shape index (κ3) is 5.60. The Bertz CT molecular complexity index is 1470. The van der Waals surface area contributed by atoms with Crippen molar-refractivity contribution < 1.29 is 23.4 Å².